The molecule has 2 aromatic carbocycles. The lowest BCUT2D eigenvalue weighted by molar-refractivity contribution is 0.622. The molecule has 4 nitrogen and oxygen atoms in total. The smallest absolute Gasteiger partial charge is 0.175 e. The SMILES string of the molecule is Cc1nn(Cc2ccc(F)cc2)c(C)c1NC(=S)Nc1ccccc1F. The number of halogens is 2. The minimum atomic E-state index is -0.378. The first-order valence-electron chi connectivity index (χ1n) is 8.05. The normalized spacial score (nSPS) is 10.6. The Hall–Kier alpha value is -2.80. The molecule has 0 aliphatic heterocycles. The Morgan fingerprint density at radius 3 is 2.42 bits per heavy atom. The van der Waals surface area contributed by atoms with E-state index in [2.05, 4.69) is 15.7 Å². The van der Waals surface area contributed by atoms with Crippen molar-refractivity contribution in [3.63, 3.8) is 0 Å². The van der Waals surface area contributed by atoms with Crippen molar-refractivity contribution < 1.29 is 8.78 Å². The Labute approximate surface area is 155 Å². The second-order valence-electron chi connectivity index (χ2n) is 5.89. The number of hydrogen-bond acceptors (Lipinski definition) is 2. The maximum absolute atomic E-state index is 13.7. The molecule has 0 bridgehead atoms. The van der Waals surface area contributed by atoms with Gasteiger partial charge in [0.1, 0.15) is 11.6 Å². The Kier molecular flexibility index (Phi) is 5.27. The number of anilines is 2. The molecular weight excluding hydrogens is 354 g/mol. The standard InChI is InChI=1S/C19H18F2N4S/c1-12-18(23-19(26)22-17-6-4-3-5-16(17)21)13(2)25(24-12)11-14-7-9-15(20)10-8-14/h3-10H,11H2,1-2H3,(H2,22,23,26). The largest absolute Gasteiger partial charge is 0.330 e. The lowest BCUT2D eigenvalue weighted by Crippen LogP contribution is -2.20. The zero-order valence-corrected chi connectivity index (χ0v) is 15.2. The quantitative estimate of drug-likeness (QED) is 0.655. The first-order chi connectivity index (χ1) is 12.4. The minimum Gasteiger partial charge on any atom is -0.330 e. The van der Waals surface area contributed by atoms with Crippen molar-refractivity contribution in [1.29, 1.82) is 0 Å². The fraction of sp³-hybridized carbons (Fsp3) is 0.158. The van der Waals surface area contributed by atoms with Gasteiger partial charge in [-0.1, -0.05) is 24.3 Å². The molecule has 0 amide bonds. The average Bonchev–Trinajstić information content (AvgIpc) is 2.86. The summed E-state index contributed by atoms with van der Waals surface area (Å²) in [6.45, 7) is 4.29. The number of para-hydroxylation sites is 1. The van der Waals surface area contributed by atoms with E-state index in [0.29, 0.717) is 12.2 Å². The van der Waals surface area contributed by atoms with Gasteiger partial charge in [0.2, 0.25) is 0 Å². The summed E-state index contributed by atoms with van der Waals surface area (Å²) in [7, 11) is 0. The van der Waals surface area contributed by atoms with Crippen molar-refractivity contribution in [2.75, 3.05) is 10.6 Å². The molecule has 0 atom stereocenters. The van der Waals surface area contributed by atoms with Gasteiger partial charge in [-0.2, -0.15) is 5.10 Å². The van der Waals surface area contributed by atoms with Crippen LogP contribution in [0.5, 0.6) is 0 Å². The van der Waals surface area contributed by atoms with Crippen LogP contribution < -0.4 is 10.6 Å². The molecule has 0 saturated heterocycles. The molecule has 1 heterocycles. The van der Waals surface area contributed by atoms with Crippen LogP contribution >= 0.6 is 12.2 Å². The molecule has 7 heteroatoms. The van der Waals surface area contributed by atoms with Gasteiger partial charge < -0.3 is 10.6 Å². The van der Waals surface area contributed by atoms with Gasteiger partial charge in [-0.25, -0.2) is 8.78 Å². The monoisotopic (exact) mass is 372 g/mol. The Morgan fingerprint density at radius 2 is 1.73 bits per heavy atom. The average molecular weight is 372 g/mol. The van der Waals surface area contributed by atoms with E-state index in [0.717, 1.165) is 22.6 Å². The van der Waals surface area contributed by atoms with E-state index in [1.807, 2.05) is 18.5 Å². The van der Waals surface area contributed by atoms with E-state index >= 15 is 0 Å². The van der Waals surface area contributed by atoms with Crippen molar-refractivity contribution in [1.82, 2.24) is 9.78 Å². The zero-order valence-electron chi connectivity index (χ0n) is 14.4. The van der Waals surface area contributed by atoms with Crippen molar-refractivity contribution in [2.45, 2.75) is 20.4 Å². The summed E-state index contributed by atoms with van der Waals surface area (Å²) in [6, 6.07) is 12.6. The molecule has 0 aliphatic carbocycles. The van der Waals surface area contributed by atoms with Crippen LogP contribution in [0.3, 0.4) is 0 Å². The van der Waals surface area contributed by atoms with Gasteiger partial charge in [0.05, 0.1) is 29.3 Å². The van der Waals surface area contributed by atoms with Crippen LogP contribution in [-0.4, -0.2) is 14.9 Å². The summed E-state index contributed by atoms with van der Waals surface area (Å²) in [5, 5.41) is 10.7. The van der Waals surface area contributed by atoms with Crippen LogP contribution in [0, 0.1) is 25.5 Å². The molecule has 134 valence electrons. The van der Waals surface area contributed by atoms with E-state index in [-0.39, 0.29) is 16.7 Å². The minimum absolute atomic E-state index is 0.269. The number of aryl methyl sites for hydroxylation is 1. The topological polar surface area (TPSA) is 41.9 Å². The van der Waals surface area contributed by atoms with Crippen molar-refractivity contribution in [3.05, 3.63) is 77.1 Å². The van der Waals surface area contributed by atoms with E-state index in [9.17, 15) is 8.78 Å². The molecule has 0 unspecified atom stereocenters. The number of thiocarbonyl (C=S) groups is 1. The molecule has 26 heavy (non-hydrogen) atoms. The van der Waals surface area contributed by atoms with Crippen molar-refractivity contribution in [3.8, 4) is 0 Å². The van der Waals surface area contributed by atoms with Gasteiger partial charge in [0.15, 0.2) is 5.11 Å². The molecule has 0 saturated carbocycles. The number of benzene rings is 2. The van der Waals surface area contributed by atoms with E-state index in [4.69, 9.17) is 12.2 Å². The Balaban J connectivity index is 1.74. The van der Waals surface area contributed by atoms with Crippen LogP contribution in [-0.2, 0) is 6.54 Å². The zero-order chi connectivity index (χ0) is 18.7. The first-order valence-corrected chi connectivity index (χ1v) is 8.46. The summed E-state index contributed by atoms with van der Waals surface area (Å²) >= 11 is 5.28. The fourth-order valence-electron chi connectivity index (χ4n) is 2.62. The number of nitrogens with zero attached hydrogens (tertiary/aromatic N) is 2. The maximum atomic E-state index is 13.7. The molecule has 2 N–H and O–H groups in total. The highest BCUT2D eigenvalue weighted by Crippen LogP contribution is 2.21. The summed E-state index contributed by atoms with van der Waals surface area (Å²) in [4.78, 5) is 0. The third kappa shape index (κ3) is 4.05. The van der Waals surface area contributed by atoms with Gasteiger partial charge in [-0.15, -0.1) is 0 Å². The van der Waals surface area contributed by atoms with Gasteiger partial charge in [-0.3, -0.25) is 4.68 Å². The summed E-state index contributed by atoms with van der Waals surface area (Å²) in [5.74, 6) is -0.647. The molecule has 0 radical (unpaired) electrons. The van der Waals surface area contributed by atoms with Crippen LogP contribution in [0.25, 0.3) is 0 Å². The maximum Gasteiger partial charge on any atom is 0.175 e. The molecule has 0 aliphatic rings. The highest BCUT2D eigenvalue weighted by atomic mass is 32.1. The van der Waals surface area contributed by atoms with Crippen LogP contribution in [0.15, 0.2) is 48.5 Å². The van der Waals surface area contributed by atoms with Crippen LogP contribution in [0.2, 0.25) is 0 Å². The molecule has 0 fully saturated rings. The van der Waals surface area contributed by atoms with Gasteiger partial charge in [-0.05, 0) is 55.9 Å². The van der Waals surface area contributed by atoms with Crippen molar-refractivity contribution >= 4 is 28.7 Å². The summed E-state index contributed by atoms with van der Waals surface area (Å²) < 4.78 is 28.6. The highest BCUT2D eigenvalue weighted by Gasteiger charge is 2.14. The lowest BCUT2D eigenvalue weighted by Gasteiger charge is -2.12. The van der Waals surface area contributed by atoms with E-state index in [1.54, 1.807) is 30.3 Å². The molecular formula is C19H18F2N4S. The lowest BCUT2D eigenvalue weighted by atomic mass is 10.2. The molecule has 0 spiro atoms. The fourth-order valence-corrected chi connectivity index (χ4v) is 2.84. The number of aromatic nitrogens is 2. The van der Waals surface area contributed by atoms with Gasteiger partial charge >= 0.3 is 0 Å². The highest BCUT2D eigenvalue weighted by molar-refractivity contribution is 7.80. The Bertz CT molecular complexity index is 935. The predicted molar refractivity (Wildman–Crippen MR) is 103 cm³/mol. The first kappa shape index (κ1) is 18.0. The van der Waals surface area contributed by atoms with Gasteiger partial charge in [0.25, 0.3) is 0 Å². The van der Waals surface area contributed by atoms with E-state index < -0.39 is 0 Å². The number of rotatable bonds is 4. The Morgan fingerprint density at radius 1 is 1.04 bits per heavy atom. The summed E-state index contributed by atoms with van der Waals surface area (Å²) in [6.07, 6.45) is 0. The third-order valence-corrected chi connectivity index (χ3v) is 4.19. The predicted octanol–water partition coefficient (Wildman–Crippen LogP) is 4.64. The number of hydrogen-bond donors (Lipinski definition) is 2. The van der Waals surface area contributed by atoms with E-state index in [1.165, 1.54) is 18.2 Å². The van der Waals surface area contributed by atoms with Crippen LogP contribution in [0.1, 0.15) is 17.0 Å². The van der Waals surface area contributed by atoms with Gasteiger partial charge in [0, 0.05) is 0 Å². The second kappa shape index (κ2) is 7.61. The summed E-state index contributed by atoms with van der Waals surface area (Å²) in [5.41, 5.74) is 3.65. The van der Waals surface area contributed by atoms with Crippen LogP contribution in [0.4, 0.5) is 20.2 Å². The number of nitrogens with one attached hydrogen (secondary N) is 2. The second-order valence-corrected chi connectivity index (χ2v) is 6.30. The third-order valence-electron chi connectivity index (χ3n) is 3.99. The molecule has 3 rings (SSSR count). The van der Waals surface area contributed by atoms with Crippen molar-refractivity contribution in [2.24, 2.45) is 0 Å². The molecule has 1 aromatic heterocycles. The molecule has 3 aromatic rings.